The molecule has 0 saturated heterocycles. The van der Waals surface area contributed by atoms with E-state index in [0.29, 0.717) is 17.3 Å². The highest BCUT2D eigenvalue weighted by atomic mass is 35.5. The fraction of sp³-hybridized carbons (Fsp3) is 0.417. The standard InChI is InChI=1S/C11H12ClFN2.CH4O/c1-15-5-4-14-11(12)10-6-9(13)3-2-8(10)7-15;1-2/h2-3,6H,4-5,7H2,1H3;2H,1H3. The van der Waals surface area contributed by atoms with Gasteiger partial charge in [0, 0.05) is 25.8 Å². The van der Waals surface area contributed by atoms with Crippen LogP contribution < -0.4 is 0 Å². The fourth-order valence-electron chi connectivity index (χ4n) is 1.65. The van der Waals surface area contributed by atoms with Crippen molar-refractivity contribution in [3.8, 4) is 0 Å². The predicted octanol–water partition coefficient (Wildman–Crippen LogP) is 1.86. The molecule has 0 bridgehead atoms. The Balaban J connectivity index is 0.000000686. The van der Waals surface area contributed by atoms with Crippen molar-refractivity contribution in [2.24, 2.45) is 4.99 Å². The Morgan fingerprint density at radius 2 is 2.12 bits per heavy atom. The lowest BCUT2D eigenvalue weighted by molar-refractivity contribution is 0.335. The number of hydrogen-bond donors (Lipinski definition) is 1. The molecular weight excluding hydrogens is 243 g/mol. The minimum absolute atomic E-state index is 0.273. The third kappa shape index (κ3) is 3.77. The van der Waals surface area contributed by atoms with E-state index < -0.39 is 0 Å². The molecule has 1 aromatic carbocycles. The maximum absolute atomic E-state index is 13.1. The Morgan fingerprint density at radius 3 is 2.82 bits per heavy atom. The van der Waals surface area contributed by atoms with Crippen molar-refractivity contribution in [2.45, 2.75) is 6.54 Å². The van der Waals surface area contributed by atoms with Gasteiger partial charge in [-0.05, 0) is 24.7 Å². The van der Waals surface area contributed by atoms with Gasteiger partial charge in [-0.3, -0.25) is 4.99 Å². The van der Waals surface area contributed by atoms with Crippen LogP contribution >= 0.6 is 11.6 Å². The second-order valence-electron chi connectivity index (χ2n) is 3.71. The minimum Gasteiger partial charge on any atom is -0.400 e. The van der Waals surface area contributed by atoms with Gasteiger partial charge in [0.25, 0.3) is 0 Å². The Labute approximate surface area is 106 Å². The monoisotopic (exact) mass is 258 g/mol. The summed E-state index contributed by atoms with van der Waals surface area (Å²) in [5.41, 5.74) is 1.73. The summed E-state index contributed by atoms with van der Waals surface area (Å²) >= 11 is 6.01. The summed E-state index contributed by atoms with van der Waals surface area (Å²) in [4.78, 5) is 6.33. The van der Waals surface area contributed by atoms with Crippen molar-refractivity contribution in [1.82, 2.24) is 4.90 Å². The van der Waals surface area contributed by atoms with Crippen LogP contribution in [0.5, 0.6) is 0 Å². The van der Waals surface area contributed by atoms with E-state index in [4.69, 9.17) is 16.7 Å². The van der Waals surface area contributed by atoms with Gasteiger partial charge in [-0.25, -0.2) is 4.39 Å². The van der Waals surface area contributed by atoms with Gasteiger partial charge < -0.3 is 10.0 Å². The van der Waals surface area contributed by atoms with Crippen LogP contribution in [0, 0.1) is 5.82 Å². The van der Waals surface area contributed by atoms with Gasteiger partial charge in [-0.15, -0.1) is 0 Å². The number of aliphatic hydroxyl groups excluding tert-OH is 1. The van der Waals surface area contributed by atoms with E-state index >= 15 is 0 Å². The van der Waals surface area contributed by atoms with Crippen molar-refractivity contribution >= 4 is 16.8 Å². The minimum atomic E-state index is -0.273. The molecule has 0 aromatic heterocycles. The lowest BCUT2D eigenvalue weighted by Crippen LogP contribution is -2.24. The molecule has 94 valence electrons. The zero-order chi connectivity index (χ0) is 12.8. The molecule has 0 saturated carbocycles. The summed E-state index contributed by atoms with van der Waals surface area (Å²) in [5.74, 6) is -0.273. The molecule has 0 amide bonds. The molecule has 0 spiro atoms. The smallest absolute Gasteiger partial charge is 0.131 e. The largest absolute Gasteiger partial charge is 0.400 e. The SMILES string of the molecule is CN1CCN=C(Cl)c2cc(F)ccc2C1.CO. The van der Waals surface area contributed by atoms with Gasteiger partial charge in [0.05, 0.1) is 6.54 Å². The quantitative estimate of drug-likeness (QED) is 0.771. The van der Waals surface area contributed by atoms with E-state index in [1.165, 1.54) is 12.1 Å². The molecule has 3 nitrogen and oxygen atoms in total. The Hall–Kier alpha value is -0.970. The molecule has 0 unspecified atom stereocenters. The summed E-state index contributed by atoms with van der Waals surface area (Å²) < 4.78 is 13.1. The number of rotatable bonds is 0. The van der Waals surface area contributed by atoms with Crippen LogP contribution in [0.25, 0.3) is 0 Å². The van der Waals surface area contributed by atoms with Crippen molar-refractivity contribution in [2.75, 3.05) is 27.2 Å². The second-order valence-corrected chi connectivity index (χ2v) is 4.07. The summed E-state index contributed by atoms with van der Waals surface area (Å²) in [6.45, 7) is 2.31. The zero-order valence-electron chi connectivity index (χ0n) is 9.95. The van der Waals surface area contributed by atoms with Crippen LogP contribution in [0.15, 0.2) is 23.2 Å². The summed E-state index contributed by atoms with van der Waals surface area (Å²) in [7, 11) is 3.02. The average Bonchev–Trinajstić information content (AvgIpc) is 2.32. The molecular formula is C12H16ClFN2O. The maximum Gasteiger partial charge on any atom is 0.131 e. The number of aliphatic imine (C=N–C) groups is 1. The topological polar surface area (TPSA) is 35.8 Å². The van der Waals surface area contributed by atoms with Crippen LogP contribution in [0.2, 0.25) is 0 Å². The number of fused-ring (bicyclic) bond motifs is 1. The van der Waals surface area contributed by atoms with Gasteiger partial charge in [0.1, 0.15) is 11.0 Å². The summed E-state index contributed by atoms with van der Waals surface area (Å²) in [6, 6.07) is 4.67. The zero-order valence-corrected chi connectivity index (χ0v) is 10.7. The second kappa shape index (κ2) is 6.69. The molecule has 1 aliphatic rings. The molecule has 0 radical (unpaired) electrons. The summed E-state index contributed by atoms with van der Waals surface area (Å²) in [6.07, 6.45) is 0. The first-order valence-electron chi connectivity index (χ1n) is 5.29. The first-order valence-corrected chi connectivity index (χ1v) is 5.66. The maximum atomic E-state index is 13.1. The van der Waals surface area contributed by atoms with Gasteiger partial charge in [0.2, 0.25) is 0 Å². The van der Waals surface area contributed by atoms with E-state index in [1.807, 2.05) is 7.05 Å². The molecule has 5 heteroatoms. The highest BCUT2D eigenvalue weighted by Crippen LogP contribution is 2.18. The number of nitrogens with zero attached hydrogens (tertiary/aromatic N) is 2. The lowest BCUT2D eigenvalue weighted by Gasteiger charge is -2.20. The predicted molar refractivity (Wildman–Crippen MR) is 68.1 cm³/mol. The van der Waals surface area contributed by atoms with Crippen molar-refractivity contribution < 1.29 is 9.50 Å². The molecule has 1 N–H and O–H groups in total. The highest BCUT2D eigenvalue weighted by Gasteiger charge is 2.13. The third-order valence-electron chi connectivity index (χ3n) is 2.47. The highest BCUT2D eigenvalue weighted by molar-refractivity contribution is 6.69. The molecule has 0 fully saturated rings. The Morgan fingerprint density at radius 1 is 1.41 bits per heavy atom. The van der Waals surface area contributed by atoms with Crippen molar-refractivity contribution in [3.63, 3.8) is 0 Å². The van der Waals surface area contributed by atoms with Crippen LogP contribution in [0.1, 0.15) is 11.1 Å². The van der Waals surface area contributed by atoms with E-state index in [0.717, 1.165) is 25.8 Å². The molecule has 1 heterocycles. The van der Waals surface area contributed by atoms with E-state index in [2.05, 4.69) is 9.89 Å². The number of benzene rings is 1. The van der Waals surface area contributed by atoms with Crippen molar-refractivity contribution in [3.05, 3.63) is 35.1 Å². The molecule has 0 aliphatic carbocycles. The number of aliphatic hydroxyl groups is 1. The number of halogens is 2. The van der Waals surface area contributed by atoms with Crippen molar-refractivity contribution in [1.29, 1.82) is 0 Å². The lowest BCUT2D eigenvalue weighted by atomic mass is 10.1. The van der Waals surface area contributed by atoms with E-state index in [1.54, 1.807) is 6.07 Å². The third-order valence-corrected chi connectivity index (χ3v) is 2.79. The van der Waals surface area contributed by atoms with Crippen LogP contribution in [-0.2, 0) is 6.54 Å². The Bertz CT molecular complexity index is 409. The van der Waals surface area contributed by atoms with Gasteiger partial charge in [-0.2, -0.15) is 0 Å². The Kier molecular flexibility index (Phi) is 5.55. The normalized spacial score (nSPS) is 15.9. The first-order chi connectivity index (χ1) is 8.16. The van der Waals surface area contributed by atoms with Crippen LogP contribution in [0.3, 0.4) is 0 Å². The number of hydrogen-bond acceptors (Lipinski definition) is 3. The van der Waals surface area contributed by atoms with Gasteiger partial charge in [-0.1, -0.05) is 17.7 Å². The molecule has 0 atom stereocenters. The van der Waals surface area contributed by atoms with Crippen LogP contribution in [-0.4, -0.2) is 42.4 Å². The molecule has 2 rings (SSSR count). The van der Waals surface area contributed by atoms with E-state index in [-0.39, 0.29) is 5.82 Å². The first kappa shape index (κ1) is 14.1. The molecule has 1 aromatic rings. The molecule has 17 heavy (non-hydrogen) atoms. The van der Waals surface area contributed by atoms with Crippen LogP contribution in [0.4, 0.5) is 4.39 Å². The summed E-state index contributed by atoms with van der Waals surface area (Å²) in [5, 5.41) is 7.41. The van der Waals surface area contributed by atoms with Gasteiger partial charge in [0.15, 0.2) is 0 Å². The fourth-order valence-corrected chi connectivity index (χ4v) is 1.91. The number of likely N-dealkylation sites (N-methyl/N-ethyl adjacent to an activating group) is 1. The van der Waals surface area contributed by atoms with E-state index in [9.17, 15) is 4.39 Å². The van der Waals surface area contributed by atoms with Gasteiger partial charge >= 0.3 is 0 Å². The average molecular weight is 259 g/mol. The molecule has 1 aliphatic heterocycles.